The highest BCUT2D eigenvalue weighted by molar-refractivity contribution is 5.82. The molecular formula is C7H8F3NO4. The van der Waals surface area contributed by atoms with E-state index in [9.17, 15) is 22.8 Å². The summed E-state index contributed by atoms with van der Waals surface area (Å²) in [7, 11) is 0. The van der Waals surface area contributed by atoms with Crippen LogP contribution < -0.4 is 0 Å². The first-order valence-corrected chi connectivity index (χ1v) is 3.99. The van der Waals surface area contributed by atoms with Crippen LogP contribution in [-0.2, 0) is 9.53 Å². The fourth-order valence-electron chi connectivity index (χ4n) is 1.26. The Morgan fingerprint density at radius 2 is 2.13 bits per heavy atom. The number of carbonyl (C=O) groups is 2. The van der Waals surface area contributed by atoms with E-state index in [1.54, 1.807) is 0 Å². The van der Waals surface area contributed by atoms with Gasteiger partial charge in [0.05, 0.1) is 6.04 Å². The number of carboxylic acids is 1. The van der Waals surface area contributed by atoms with Crippen molar-refractivity contribution in [3.05, 3.63) is 0 Å². The second-order valence-electron chi connectivity index (χ2n) is 3.13. The van der Waals surface area contributed by atoms with Gasteiger partial charge in [-0.05, 0) is 6.92 Å². The fraction of sp³-hybridized carbons (Fsp3) is 0.714. The molecule has 1 N–H and O–H groups in total. The summed E-state index contributed by atoms with van der Waals surface area (Å²) in [5.41, 5.74) is 0. The summed E-state index contributed by atoms with van der Waals surface area (Å²) in [6.45, 7) is -0.313. The molecule has 0 radical (unpaired) electrons. The van der Waals surface area contributed by atoms with E-state index in [1.165, 1.54) is 6.92 Å². The van der Waals surface area contributed by atoms with Crippen LogP contribution in [0.2, 0.25) is 0 Å². The van der Waals surface area contributed by atoms with E-state index in [2.05, 4.69) is 4.74 Å². The van der Waals surface area contributed by atoms with Crippen molar-refractivity contribution in [1.82, 2.24) is 4.90 Å². The standard InChI is InChI=1S/C7H8F3NO4/c1-3-4(5(12)13)15-6(14)11(3)2-7(8,9)10/h3-4H,2H2,1H3,(H,12,13). The number of hydrogen-bond donors (Lipinski definition) is 1. The lowest BCUT2D eigenvalue weighted by molar-refractivity contribution is -0.149. The lowest BCUT2D eigenvalue weighted by Crippen LogP contribution is -2.42. The number of nitrogens with zero attached hydrogens (tertiary/aromatic N) is 1. The van der Waals surface area contributed by atoms with Gasteiger partial charge in [0, 0.05) is 0 Å². The molecule has 1 heterocycles. The molecule has 2 unspecified atom stereocenters. The second kappa shape index (κ2) is 3.59. The zero-order valence-corrected chi connectivity index (χ0v) is 7.61. The van der Waals surface area contributed by atoms with Crippen molar-refractivity contribution in [3.8, 4) is 0 Å². The van der Waals surface area contributed by atoms with Gasteiger partial charge in [-0.1, -0.05) is 0 Å². The number of amides is 1. The van der Waals surface area contributed by atoms with Gasteiger partial charge in [0.15, 0.2) is 0 Å². The van der Waals surface area contributed by atoms with Gasteiger partial charge in [-0.15, -0.1) is 0 Å². The van der Waals surface area contributed by atoms with Gasteiger partial charge in [0.2, 0.25) is 6.10 Å². The number of alkyl halides is 3. The summed E-state index contributed by atoms with van der Waals surface area (Å²) >= 11 is 0. The summed E-state index contributed by atoms with van der Waals surface area (Å²) in [5.74, 6) is -1.46. The average Bonchev–Trinajstić information content (AvgIpc) is 2.29. The minimum atomic E-state index is -4.57. The van der Waals surface area contributed by atoms with Gasteiger partial charge in [-0.2, -0.15) is 13.2 Å². The Balaban J connectivity index is 2.75. The largest absolute Gasteiger partial charge is 0.478 e. The number of hydrogen-bond acceptors (Lipinski definition) is 3. The first-order valence-electron chi connectivity index (χ1n) is 3.99. The van der Waals surface area contributed by atoms with Crippen LogP contribution in [-0.4, -0.2) is 46.9 Å². The van der Waals surface area contributed by atoms with Crippen LogP contribution in [0, 0.1) is 0 Å². The first-order chi connectivity index (χ1) is 6.72. The minimum absolute atomic E-state index is 0.346. The highest BCUT2D eigenvalue weighted by atomic mass is 19.4. The Bertz CT molecular complexity index is 290. The third kappa shape index (κ3) is 2.51. The summed E-state index contributed by atoms with van der Waals surface area (Å²) in [5, 5.41) is 8.53. The lowest BCUT2D eigenvalue weighted by atomic mass is 10.2. The molecule has 1 aliphatic rings. The van der Waals surface area contributed by atoms with E-state index in [1.807, 2.05) is 0 Å². The van der Waals surface area contributed by atoms with Crippen molar-refractivity contribution in [2.45, 2.75) is 25.2 Å². The Morgan fingerprint density at radius 3 is 2.47 bits per heavy atom. The van der Waals surface area contributed by atoms with Crippen molar-refractivity contribution in [1.29, 1.82) is 0 Å². The van der Waals surface area contributed by atoms with Crippen molar-refractivity contribution in [3.63, 3.8) is 0 Å². The van der Waals surface area contributed by atoms with Gasteiger partial charge in [-0.25, -0.2) is 9.59 Å². The van der Waals surface area contributed by atoms with Gasteiger partial charge in [0.1, 0.15) is 6.54 Å². The van der Waals surface area contributed by atoms with Crippen LogP contribution in [0.25, 0.3) is 0 Å². The van der Waals surface area contributed by atoms with E-state index in [0.29, 0.717) is 4.90 Å². The maximum absolute atomic E-state index is 12.0. The van der Waals surface area contributed by atoms with E-state index < -0.39 is 36.9 Å². The number of carboxylic acid groups (broad SMARTS) is 1. The highest BCUT2D eigenvalue weighted by Crippen LogP contribution is 2.25. The van der Waals surface area contributed by atoms with Crippen molar-refractivity contribution < 1.29 is 32.6 Å². The first kappa shape index (κ1) is 11.6. The summed E-state index contributed by atoms with van der Waals surface area (Å²) < 4.78 is 40.2. The van der Waals surface area contributed by atoms with Gasteiger partial charge >= 0.3 is 18.2 Å². The smallest absolute Gasteiger partial charge is 0.411 e. The molecule has 8 heteroatoms. The summed E-state index contributed by atoms with van der Waals surface area (Å²) in [6.07, 6.45) is -7.37. The van der Waals surface area contributed by atoms with E-state index in [-0.39, 0.29) is 0 Å². The van der Waals surface area contributed by atoms with Crippen molar-refractivity contribution in [2.75, 3.05) is 6.54 Å². The van der Waals surface area contributed by atoms with Crippen LogP contribution >= 0.6 is 0 Å². The number of aliphatic carboxylic acids is 1. The van der Waals surface area contributed by atoms with E-state index >= 15 is 0 Å². The molecule has 0 aliphatic carbocycles. The average molecular weight is 227 g/mol. The zero-order chi connectivity index (χ0) is 11.8. The fourth-order valence-corrected chi connectivity index (χ4v) is 1.26. The monoisotopic (exact) mass is 227 g/mol. The Morgan fingerprint density at radius 1 is 1.60 bits per heavy atom. The molecule has 0 bridgehead atoms. The molecule has 1 saturated heterocycles. The Hall–Kier alpha value is -1.47. The number of carbonyl (C=O) groups excluding carboxylic acids is 1. The summed E-state index contributed by atoms with van der Waals surface area (Å²) in [4.78, 5) is 21.7. The minimum Gasteiger partial charge on any atom is -0.478 e. The zero-order valence-electron chi connectivity index (χ0n) is 7.61. The quantitative estimate of drug-likeness (QED) is 0.759. The van der Waals surface area contributed by atoms with Gasteiger partial charge in [0.25, 0.3) is 0 Å². The molecule has 1 aliphatic heterocycles. The molecule has 0 aromatic heterocycles. The molecule has 1 amide bonds. The van der Waals surface area contributed by atoms with Crippen molar-refractivity contribution in [2.24, 2.45) is 0 Å². The van der Waals surface area contributed by atoms with Crippen LogP contribution in [0.1, 0.15) is 6.92 Å². The molecule has 1 fully saturated rings. The normalized spacial score (nSPS) is 26.7. The molecule has 0 saturated carbocycles. The highest BCUT2D eigenvalue weighted by Gasteiger charge is 2.47. The van der Waals surface area contributed by atoms with Crippen LogP contribution in [0.15, 0.2) is 0 Å². The SMILES string of the molecule is CC1C(C(=O)O)OC(=O)N1CC(F)(F)F. The molecule has 0 aromatic carbocycles. The number of rotatable bonds is 2. The molecule has 0 aromatic rings. The predicted molar refractivity (Wildman–Crippen MR) is 40.1 cm³/mol. The maximum Gasteiger partial charge on any atom is 0.411 e. The third-order valence-electron chi connectivity index (χ3n) is 1.99. The Labute approximate surface area is 82.4 Å². The van der Waals surface area contributed by atoms with Crippen LogP contribution in [0.4, 0.5) is 18.0 Å². The molecule has 2 atom stereocenters. The van der Waals surface area contributed by atoms with Gasteiger partial charge < -0.3 is 9.84 Å². The predicted octanol–water partition coefficient (Wildman–Crippen LogP) is 0.843. The number of cyclic esters (lactones) is 1. The maximum atomic E-state index is 12.0. The number of halogens is 3. The summed E-state index contributed by atoms with van der Waals surface area (Å²) in [6, 6.07) is -1.13. The van der Waals surface area contributed by atoms with Crippen molar-refractivity contribution >= 4 is 12.1 Å². The molecule has 15 heavy (non-hydrogen) atoms. The van der Waals surface area contributed by atoms with E-state index in [0.717, 1.165) is 0 Å². The third-order valence-corrected chi connectivity index (χ3v) is 1.99. The Kier molecular flexibility index (Phi) is 2.78. The van der Waals surface area contributed by atoms with E-state index in [4.69, 9.17) is 5.11 Å². The molecule has 5 nitrogen and oxygen atoms in total. The number of ether oxygens (including phenoxy) is 1. The van der Waals surface area contributed by atoms with Gasteiger partial charge in [-0.3, -0.25) is 4.90 Å². The molecule has 86 valence electrons. The topological polar surface area (TPSA) is 66.8 Å². The lowest BCUT2D eigenvalue weighted by Gasteiger charge is -2.20. The molecule has 1 rings (SSSR count). The molecular weight excluding hydrogens is 219 g/mol. The molecule has 0 spiro atoms. The van der Waals surface area contributed by atoms with Crippen LogP contribution in [0.5, 0.6) is 0 Å². The second-order valence-corrected chi connectivity index (χ2v) is 3.13. The van der Waals surface area contributed by atoms with Crippen LogP contribution in [0.3, 0.4) is 0 Å².